The Balaban J connectivity index is 0.788. The summed E-state index contributed by atoms with van der Waals surface area (Å²) < 4.78 is 56.8. The molecule has 412 valence electrons. The average Bonchev–Trinajstić information content (AvgIpc) is 3.82. The van der Waals surface area contributed by atoms with E-state index in [-0.39, 0.29) is 45.5 Å². The first-order chi connectivity index (χ1) is 37.3. The molecule has 0 unspecified atom stereocenters. The van der Waals surface area contributed by atoms with Crippen LogP contribution in [0.2, 0.25) is 0 Å². The van der Waals surface area contributed by atoms with E-state index >= 15 is 0 Å². The smallest absolute Gasteiger partial charge is 0.293 e. The summed E-state index contributed by atoms with van der Waals surface area (Å²) >= 11 is 0. The predicted octanol–water partition coefficient (Wildman–Crippen LogP) is 9.56. The fourth-order valence-electron chi connectivity index (χ4n) is 12.9. The number of aromatic amines is 1. The zero-order valence-electron chi connectivity index (χ0n) is 45.0. The Labute approximate surface area is 455 Å². The number of aliphatic hydroxyl groups is 1. The Kier molecular flexibility index (Phi) is 14.5. The van der Waals surface area contributed by atoms with Crippen LogP contribution in [0.25, 0.3) is 11.0 Å². The number of amides is 1. The third kappa shape index (κ3) is 10.9. The number of H-pyrrole nitrogens is 1. The number of piperazine rings is 1. The van der Waals surface area contributed by atoms with Gasteiger partial charge in [-0.15, -0.1) is 0 Å². The van der Waals surface area contributed by atoms with Gasteiger partial charge in [0.1, 0.15) is 34.4 Å². The number of ether oxygens (including phenoxy) is 2. The van der Waals surface area contributed by atoms with Crippen LogP contribution >= 0.6 is 0 Å². The average molecular weight is 1080 g/mol. The summed E-state index contributed by atoms with van der Waals surface area (Å²) in [5, 5.41) is 25.9. The van der Waals surface area contributed by atoms with E-state index in [0.29, 0.717) is 42.9 Å². The number of sulfonamides is 1. The van der Waals surface area contributed by atoms with Gasteiger partial charge in [0, 0.05) is 106 Å². The first-order valence-corrected chi connectivity index (χ1v) is 28.7. The van der Waals surface area contributed by atoms with Gasteiger partial charge in [-0.1, -0.05) is 50.2 Å². The van der Waals surface area contributed by atoms with Crippen molar-refractivity contribution < 1.29 is 37.1 Å². The molecule has 6 aromatic rings. The Morgan fingerprint density at radius 3 is 2.47 bits per heavy atom. The van der Waals surface area contributed by atoms with E-state index in [1.807, 2.05) is 0 Å². The molecule has 11 rings (SSSR count). The Morgan fingerprint density at radius 1 is 0.974 bits per heavy atom. The van der Waals surface area contributed by atoms with Crippen molar-refractivity contribution in [3.05, 3.63) is 141 Å². The molecule has 4 aromatic carbocycles. The molecule has 2 aliphatic carbocycles. The zero-order chi connectivity index (χ0) is 54.7. The van der Waals surface area contributed by atoms with Crippen LogP contribution in [0.15, 0.2) is 102 Å². The number of hydrogen-bond donors (Lipinski definition) is 4. The number of anilines is 2. The minimum Gasteiger partial charge on any atom is -0.496 e. The van der Waals surface area contributed by atoms with Crippen LogP contribution < -0.4 is 24.4 Å². The number of methoxy groups -OCH3 is 1. The van der Waals surface area contributed by atoms with Crippen molar-refractivity contribution in [1.29, 1.82) is 0 Å². The first-order valence-electron chi connectivity index (χ1n) is 27.3. The van der Waals surface area contributed by atoms with Crippen molar-refractivity contribution in [2.45, 2.75) is 100 Å². The van der Waals surface area contributed by atoms with E-state index in [1.165, 1.54) is 58.9 Å². The van der Waals surface area contributed by atoms with Gasteiger partial charge in [-0.2, -0.15) is 0 Å². The van der Waals surface area contributed by atoms with Gasteiger partial charge in [-0.25, -0.2) is 22.5 Å². The number of likely N-dealkylation sites (N-methyl/N-ethyl adjacent to an activating group) is 1. The SMILES string of the molecule is COc1cc(CN2CCN(C3CC4(C3)CN(c3ccc(C(=O)NS(=O)(=O)c5ccc(NC[C@H]6CC[C@](C)(O)CC6)c([N+](=O)[O-])c5)c(Oc5cnc6[nH]cc(F)c6c5)c3)C4)[C@H](c3ccccc3C(C)C)C2)ccc1C1CN(C)C1. The summed E-state index contributed by atoms with van der Waals surface area (Å²) in [6.07, 6.45) is 7.37. The maximum absolute atomic E-state index is 14.8. The van der Waals surface area contributed by atoms with Gasteiger partial charge in [0.05, 0.1) is 39.7 Å². The molecule has 1 amide bonds. The second-order valence-corrected chi connectivity index (χ2v) is 25.0. The number of rotatable bonds is 17. The van der Waals surface area contributed by atoms with Gasteiger partial charge in [0.15, 0.2) is 0 Å². The van der Waals surface area contributed by atoms with E-state index < -0.39 is 42.9 Å². The van der Waals surface area contributed by atoms with Gasteiger partial charge >= 0.3 is 0 Å². The Hall–Kier alpha value is -6.64. The summed E-state index contributed by atoms with van der Waals surface area (Å²) in [6, 6.07) is 26.2. The topological polar surface area (TPSA) is 199 Å². The van der Waals surface area contributed by atoms with E-state index in [2.05, 4.69) is 103 Å². The van der Waals surface area contributed by atoms with Gasteiger partial charge in [0.25, 0.3) is 21.6 Å². The number of fused-ring (bicyclic) bond motifs is 1. The second kappa shape index (κ2) is 21.2. The summed E-state index contributed by atoms with van der Waals surface area (Å²) in [7, 11) is -0.721. The number of nitrogens with zero attached hydrogens (tertiary/aromatic N) is 6. The molecule has 0 radical (unpaired) electrons. The maximum Gasteiger partial charge on any atom is 0.293 e. The molecular formula is C59H70FN9O8S. The van der Waals surface area contributed by atoms with Crippen LogP contribution in [0.4, 0.5) is 21.5 Å². The van der Waals surface area contributed by atoms with Crippen molar-refractivity contribution in [3.63, 3.8) is 0 Å². The summed E-state index contributed by atoms with van der Waals surface area (Å²) in [6.45, 7) is 14.1. The highest BCUT2D eigenvalue weighted by Gasteiger charge is 2.55. The number of benzene rings is 4. The van der Waals surface area contributed by atoms with Crippen LogP contribution in [-0.2, 0) is 16.6 Å². The van der Waals surface area contributed by atoms with Gasteiger partial charge in [0.2, 0.25) is 0 Å². The van der Waals surface area contributed by atoms with Gasteiger partial charge in [-0.05, 0) is 123 Å². The summed E-state index contributed by atoms with van der Waals surface area (Å²) in [4.78, 5) is 42.2. The number of aromatic nitrogens is 2. The maximum atomic E-state index is 14.8. The van der Waals surface area contributed by atoms with Crippen LogP contribution in [0.1, 0.15) is 110 Å². The fraction of sp³-hybridized carbons (Fsp3) is 0.458. The number of carbonyl (C=O) groups is 1. The predicted molar refractivity (Wildman–Crippen MR) is 298 cm³/mol. The standard InChI is InChI=1S/C59H70FN9O8S/c1-37(2)45-8-6-7-9-47(45)53-34-66(31-39-10-13-46(54(22-39)76-5)40-32-65(4)33-40)20-21-68(53)42-26-59(27-42)35-67(36-59)41-11-14-48(55(23-41)77-43-24-49-50(60)30-63-56(49)62-29-43)57(70)64-78(74,75)44-12-15-51(52(25-44)69(72)73)61-28-38-16-18-58(3,71)19-17-38/h6-15,22-25,29-30,37-38,40,42,53,61,71H,16-21,26-28,31-36H2,1-5H3,(H,62,63)(H,64,70)/t38-,53-,58-/m0/s1. The fourth-order valence-corrected chi connectivity index (χ4v) is 13.8. The van der Waals surface area contributed by atoms with E-state index in [0.717, 1.165) is 95.5 Å². The molecule has 0 bridgehead atoms. The zero-order valence-corrected chi connectivity index (χ0v) is 45.8. The number of likely N-dealkylation sites (tertiary alicyclic amines) is 1. The number of nitrogens with one attached hydrogen (secondary N) is 3. The molecule has 5 fully saturated rings. The van der Waals surface area contributed by atoms with Crippen LogP contribution in [0, 0.1) is 27.3 Å². The summed E-state index contributed by atoms with van der Waals surface area (Å²) in [5.74, 6) is 0.609. The van der Waals surface area contributed by atoms with Crippen LogP contribution in [-0.4, -0.2) is 127 Å². The number of carbonyl (C=O) groups excluding carboxylic acids is 1. The van der Waals surface area contributed by atoms with Crippen molar-refractivity contribution in [1.82, 2.24) is 29.4 Å². The highest BCUT2D eigenvalue weighted by atomic mass is 32.2. The lowest BCUT2D eigenvalue weighted by Gasteiger charge is -2.63. The number of nitro groups is 1. The molecule has 1 spiro atoms. The molecule has 1 atom stereocenters. The Bertz CT molecular complexity index is 3340. The number of hydrogen-bond acceptors (Lipinski definition) is 14. The highest BCUT2D eigenvalue weighted by Crippen LogP contribution is 2.54. The molecule has 3 saturated heterocycles. The van der Waals surface area contributed by atoms with Gasteiger partial charge < -0.3 is 34.7 Å². The lowest BCUT2D eigenvalue weighted by molar-refractivity contribution is -0.384. The van der Waals surface area contributed by atoms with E-state index in [4.69, 9.17) is 9.47 Å². The molecule has 5 heterocycles. The first kappa shape index (κ1) is 53.4. The van der Waals surface area contributed by atoms with E-state index in [9.17, 15) is 32.8 Å². The molecule has 19 heteroatoms. The monoisotopic (exact) mass is 1080 g/mol. The minimum atomic E-state index is -4.65. The normalized spacial score (nSPS) is 22.2. The molecule has 78 heavy (non-hydrogen) atoms. The van der Waals surface area contributed by atoms with Crippen molar-refractivity contribution in [3.8, 4) is 17.2 Å². The largest absolute Gasteiger partial charge is 0.496 e. The van der Waals surface area contributed by atoms with Crippen molar-refractivity contribution in [2.24, 2.45) is 11.3 Å². The number of nitro benzene ring substituents is 1. The molecule has 2 saturated carbocycles. The minimum absolute atomic E-state index is 0.0181. The molecule has 2 aromatic heterocycles. The highest BCUT2D eigenvalue weighted by molar-refractivity contribution is 7.90. The molecule has 17 nitrogen and oxygen atoms in total. The molecular weight excluding hydrogens is 1010 g/mol. The lowest BCUT2D eigenvalue weighted by atomic mass is 9.59. The van der Waals surface area contributed by atoms with Crippen molar-refractivity contribution in [2.75, 3.05) is 76.7 Å². The molecule has 5 aliphatic rings. The van der Waals surface area contributed by atoms with Crippen molar-refractivity contribution >= 4 is 44.0 Å². The van der Waals surface area contributed by atoms with Gasteiger partial charge in [-0.3, -0.25) is 24.7 Å². The third-order valence-corrected chi connectivity index (χ3v) is 18.6. The quantitative estimate of drug-likeness (QED) is 0.0497. The third-order valence-electron chi connectivity index (χ3n) is 17.3. The van der Waals surface area contributed by atoms with Crippen LogP contribution in [0.3, 0.4) is 0 Å². The molecule has 3 aliphatic heterocycles. The Morgan fingerprint density at radius 2 is 1.74 bits per heavy atom. The summed E-state index contributed by atoms with van der Waals surface area (Å²) in [5.41, 5.74) is 5.31. The molecule has 4 N–H and O–H groups in total. The van der Waals surface area contributed by atoms with Crippen LogP contribution in [0.5, 0.6) is 17.2 Å². The number of halogens is 1. The lowest BCUT2D eigenvalue weighted by Crippen LogP contribution is -2.68. The second-order valence-electron chi connectivity index (χ2n) is 23.4. The van der Waals surface area contributed by atoms with E-state index in [1.54, 1.807) is 26.2 Å². The number of pyridine rings is 1.